The Labute approximate surface area is 309 Å². The first-order valence-corrected chi connectivity index (χ1v) is 20.7. The van der Waals surface area contributed by atoms with E-state index in [2.05, 4.69) is 46.2 Å². The highest BCUT2D eigenvalue weighted by molar-refractivity contribution is 7.90. The largest absolute Gasteiger partial charge is 0.490 e. The summed E-state index contributed by atoms with van der Waals surface area (Å²) in [6.45, 7) is 10.5. The Hall–Kier alpha value is -2.89. The molecule has 2 aromatic rings. The molecule has 9 nitrogen and oxygen atoms in total. The van der Waals surface area contributed by atoms with E-state index in [4.69, 9.17) is 21.1 Å². The minimum Gasteiger partial charge on any atom is -0.490 e. The van der Waals surface area contributed by atoms with Crippen LogP contribution in [-0.4, -0.2) is 88.2 Å². The quantitative estimate of drug-likeness (QED) is 0.218. The predicted octanol–water partition coefficient (Wildman–Crippen LogP) is 6.28. The first-order chi connectivity index (χ1) is 24.6. The zero-order valence-electron chi connectivity index (χ0n) is 29.9. The molecule has 0 aromatic heterocycles. The number of sulfonamides is 1. The third-order valence-electron chi connectivity index (χ3n) is 11.4. The molecule has 2 aliphatic heterocycles. The van der Waals surface area contributed by atoms with Crippen molar-refractivity contribution in [2.24, 2.45) is 11.8 Å². The van der Waals surface area contributed by atoms with Crippen molar-refractivity contribution in [3.8, 4) is 5.75 Å². The van der Waals surface area contributed by atoms with Gasteiger partial charge in [-0.15, -0.1) is 6.58 Å². The van der Waals surface area contributed by atoms with E-state index in [1.54, 1.807) is 24.3 Å². The second-order valence-electron chi connectivity index (χ2n) is 14.9. The SMILES string of the molecule is C=CCC[C@@H](CN1CCOCC1)S(=O)(=O)NC(=O)c1ccc2c(c1)N(C[C@@H]1CC[C@H]1[C@@H](O)/C=C/CCC)C[C@@]1(CCCc3cc(Cl)ccc31)CO2. The Kier molecular flexibility index (Phi) is 12.5. The molecule has 1 amide bonds. The highest BCUT2D eigenvalue weighted by Gasteiger charge is 2.44. The number of hydrogen-bond donors (Lipinski definition) is 2. The number of anilines is 1. The van der Waals surface area contributed by atoms with Crippen LogP contribution in [0.5, 0.6) is 5.75 Å². The number of benzene rings is 2. The molecule has 2 aromatic carbocycles. The van der Waals surface area contributed by atoms with E-state index < -0.39 is 27.3 Å². The van der Waals surface area contributed by atoms with Crippen LogP contribution in [0.2, 0.25) is 5.02 Å². The Morgan fingerprint density at radius 3 is 2.75 bits per heavy atom. The van der Waals surface area contributed by atoms with E-state index in [0.29, 0.717) is 71.1 Å². The molecule has 11 heteroatoms. The normalized spacial score (nSPS) is 24.9. The highest BCUT2D eigenvalue weighted by atomic mass is 35.5. The lowest BCUT2D eigenvalue weighted by molar-refractivity contribution is 0.0375. The topological polar surface area (TPSA) is 108 Å². The van der Waals surface area contributed by atoms with Crippen LogP contribution in [0.25, 0.3) is 0 Å². The first kappa shape index (κ1) is 37.9. The number of halogens is 1. The lowest BCUT2D eigenvalue weighted by atomic mass is 9.68. The molecule has 2 fully saturated rings. The van der Waals surface area contributed by atoms with Gasteiger partial charge >= 0.3 is 0 Å². The van der Waals surface area contributed by atoms with Crippen molar-refractivity contribution in [1.29, 1.82) is 0 Å². The zero-order chi connectivity index (χ0) is 36.0. The van der Waals surface area contributed by atoms with E-state index in [1.807, 2.05) is 12.1 Å². The maximum absolute atomic E-state index is 13.8. The highest BCUT2D eigenvalue weighted by Crippen LogP contribution is 2.46. The van der Waals surface area contributed by atoms with Gasteiger partial charge < -0.3 is 19.5 Å². The Bertz CT molecular complexity index is 1680. The number of morpholine rings is 1. The van der Waals surface area contributed by atoms with E-state index in [-0.39, 0.29) is 22.8 Å². The van der Waals surface area contributed by atoms with Crippen molar-refractivity contribution >= 4 is 33.2 Å². The van der Waals surface area contributed by atoms with Crippen molar-refractivity contribution in [3.05, 3.63) is 82.9 Å². The number of rotatable bonds is 14. The number of fused-ring (bicyclic) bond motifs is 3. The van der Waals surface area contributed by atoms with Gasteiger partial charge in [0.25, 0.3) is 5.91 Å². The summed E-state index contributed by atoms with van der Waals surface area (Å²) in [5.74, 6) is 0.418. The van der Waals surface area contributed by atoms with Gasteiger partial charge in [0, 0.05) is 48.7 Å². The molecule has 6 rings (SSSR count). The third kappa shape index (κ3) is 8.84. The predicted molar refractivity (Wildman–Crippen MR) is 203 cm³/mol. The summed E-state index contributed by atoms with van der Waals surface area (Å²) in [5, 5.41) is 11.1. The summed E-state index contributed by atoms with van der Waals surface area (Å²) in [7, 11) is -4.00. The van der Waals surface area contributed by atoms with Crippen LogP contribution in [0.15, 0.2) is 61.2 Å². The number of ether oxygens (including phenoxy) is 2. The second kappa shape index (κ2) is 16.8. The average Bonchev–Trinajstić information content (AvgIpc) is 3.25. The van der Waals surface area contributed by atoms with Gasteiger partial charge in [-0.05, 0) is 105 Å². The van der Waals surface area contributed by atoms with Gasteiger partial charge in [-0.1, -0.05) is 49.2 Å². The molecule has 2 aliphatic carbocycles. The van der Waals surface area contributed by atoms with Crippen molar-refractivity contribution < 1.29 is 27.8 Å². The van der Waals surface area contributed by atoms with E-state index >= 15 is 0 Å². The molecule has 51 heavy (non-hydrogen) atoms. The first-order valence-electron chi connectivity index (χ1n) is 18.7. The van der Waals surface area contributed by atoms with Gasteiger partial charge in [0.15, 0.2) is 0 Å². The molecule has 2 N–H and O–H groups in total. The molecular formula is C40H54ClN3O6S. The van der Waals surface area contributed by atoms with E-state index in [1.165, 1.54) is 11.1 Å². The molecule has 1 saturated heterocycles. The van der Waals surface area contributed by atoms with Crippen LogP contribution >= 0.6 is 11.6 Å². The molecule has 0 unspecified atom stereocenters. The number of carbonyl (C=O) groups is 1. The molecular weight excluding hydrogens is 686 g/mol. The van der Waals surface area contributed by atoms with Crippen molar-refractivity contribution in [2.75, 3.05) is 57.4 Å². The summed E-state index contributed by atoms with van der Waals surface area (Å²) in [6.07, 6.45) is 13.0. The van der Waals surface area contributed by atoms with Gasteiger partial charge in [-0.2, -0.15) is 0 Å². The van der Waals surface area contributed by atoms with Crippen molar-refractivity contribution in [2.45, 2.75) is 81.5 Å². The molecule has 0 bridgehead atoms. The van der Waals surface area contributed by atoms with Crippen LogP contribution in [0.3, 0.4) is 0 Å². The fourth-order valence-electron chi connectivity index (χ4n) is 8.35. The molecule has 0 radical (unpaired) electrons. The van der Waals surface area contributed by atoms with E-state index in [0.717, 1.165) is 55.7 Å². The van der Waals surface area contributed by atoms with Crippen LogP contribution in [-0.2, 0) is 26.6 Å². The number of aliphatic hydroxyl groups is 1. The maximum Gasteiger partial charge on any atom is 0.264 e. The smallest absolute Gasteiger partial charge is 0.264 e. The minimum atomic E-state index is -4.00. The number of nitrogens with one attached hydrogen (secondary N) is 1. The molecule has 1 spiro atoms. The van der Waals surface area contributed by atoms with Crippen molar-refractivity contribution in [1.82, 2.24) is 9.62 Å². The lowest BCUT2D eigenvalue weighted by Gasteiger charge is -2.45. The van der Waals surface area contributed by atoms with Crippen LogP contribution < -0.4 is 14.4 Å². The summed E-state index contributed by atoms with van der Waals surface area (Å²) >= 11 is 6.45. The number of allylic oxidation sites excluding steroid dienone is 2. The summed E-state index contributed by atoms with van der Waals surface area (Å²) in [5.41, 5.74) is 3.24. The number of aliphatic hydroxyl groups excluding tert-OH is 1. The Morgan fingerprint density at radius 1 is 1.18 bits per heavy atom. The summed E-state index contributed by atoms with van der Waals surface area (Å²) in [4.78, 5) is 18.2. The summed E-state index contributed by atoms with van der Waals surface area (Å²) in [6, 6.07) is 11.4. The van der Waals surface area contributed by atoms with Gasteiger partial charge in [0.05, 0.1) is 36.9 Å². The number of amides is 1. The van der Waals surface area contributed by atoms with Crippen LogP contribution in [0.1, 0.15) is 79.8 Å². The Balaban J connectivity index is 1.28. The van der Waals surface area contributed by atoms with Crippen LogP contribution in [0, 0.1) is 11.8 Å². The Morgan fingerprint density at radius 2 is 2.00 bits per heavy atom. The second-order valence-corrected chi connectivity index (χ2v) is 17.3. The fraction of sp³-hybridized carbons (Fsp3) is 0.575. The molecule has 1 saturated carbocycles. The monoisotopic (exact) mass is 739 g/mol. The zero-order valence-corrected chi connectivity index (χ0v) is 31.5. The van der Waals surface area contributed by atoms with Gasteiger partial charge in [-0.25, -0.2) is 13.1 Å². The lowest BCUT2D eigenvalue weighted by Crippen LogP contribution is -2.49. The molecule has 5 atom stereocenters. The fourth-order valence-corrected chi connectivity index (χ4v) is 9.94. The summed E-state index contributed by atoms with van der Waals surface area (Å²) < 4.78 is 42.0. The molecule has 4 aliphatic rings. The number of hydrogen-bond acceptors (Lipinski definition) is 8. The minimum absolute atomic E-state index is 0.148. The molecule has 2 heterocycles. The van der Waals surface area contributed by atoms with Crippen LogP contribution in [0.4, 0.5) is 5.69 Å². The number of carbonyl (C=O) groups excluding carboxylic acids is 1. The number of unbranched alkanes of at least 4 members (excludes halogenated alkanes) is 1. The van der Waals surface area contributed by atoms with Gasteiger partial charge in [0.1, 0.15) is 5.75 Å². The number of nitrogens with zero attached hydrogens (tertiary/aromatic N) is 2. The van der Waals surface area contributed by atoms with Gasteiger partial charge in [0.2, 0.25) is 10.0 Å². The molecule has 278 valence electrons. The number of aryl methyl sites for hydroxylation is 1. The maximum atomic E-state index is 13.8. The average molecular weight is 740 g/mol. The van der Waals surface area contributed by atoms with Crippen molar-refractivity contribution in [3.63, 3.8) is 0 Å². The third-order valence-corrected chi connectivity index (χ3v) is 13.4. The standard InChI is InChI=1S/C40H54ClN3O6S/c1-3-5-7-11-37(45)34-15-12-31(34)25-44-27-40(18-8-9-29-23-32(41)14-16-35(29)40)28-50-38-17-13-30(24-36(38)44)39(46)42-51(47,48)33(10-6-4-2)26-43-19-21-49-22-20-43/h4,7,11,13-14,16-17,23-24,31,33-34,37,45H,2-3,5-6,8-10,12,15,18-22,25-28H2,1H3,(H,42,46)/b11-7+/t31-,33-,34+,37-,40-/m0/s1. The van der Waals surface area contributed by atoms with E-state index in [9.17, 15) is 18.3 Å². The van der Waals surface area contributed by atoms with Gasteiger partial charge in [-0.3, -0.25) is 9.69 Å².